The molecular weight excluding hydrogens is 296 g/mol. The molecule has 0 saturated carbocycles. The van der Waals surface area contributed by atoms with E-state index >= 15 is 0 Å². The molecule has 1 rings (SSSR count). The van der Waals surface area contributed by atoms with Crippen LogP contribution in [0, 0.1) is 0 Å². The lowest BCUT2D eigenvalue weighted by Crippen LogP contribution is -2.43. The number of aromatic amines is 2. The Balaban J connectivity index is 2.37. The van der Waals surface area contributed by atoms with Crippen LogP contribution in [0.15, 0.2) is 15.7 Å². The van der Waals surface area contributed by atoms with Crippen molar-refractivity contribution in [2.75, 3.05) is 4.90 Å². The van der Waals surface area contributed by atoms with E-state index in [2.05, 4.69) is 16.9 Å². The minimum absolute atomic E-state index is 0.126. The van der Waals surface area contributed by atoms with Crippen LogP contribution in [0.2, 0.25) is 0 Å². The van der Waals surface area contributed by atoms with Crippen LogP contribution in [-0.2, 0) is 4.79 Å². The average Bonchev–Trinajstić information content (AvgIpc) is 2.49. The molecule has 1 atom stereocenters. The van der Waals surface area contributed by atoms with Gasteiger partial charge in [-0.25, -0.2) is 4.79 Å². The van der Waals surface area contributed by atoms with E-state index in [1.165, 1.54) is 43.4 Å². The highest BCUT2D eigenvalue weighted by Crippen LogP contribution is 2.13. The van der Waals surface area contributed by atoms with Crippen molar-refractivity contribution in [1.82, 2.24) is 9.97 Å². The predicted octanol–water partition coefficient (Wildman–Crippen LogP) is 1.84. The Morgan fingerprint density at radius 2 is 1.70 bits per heavy atom. The number of unbranched alkanes of at least 4 members (excludes halogenated alkanes) is 7. The zero-order chi connectivity index (χ0) is 17.1. The first-order valence-corrected chi connectivity index (χ1v) is 8.41. The topological polar surface area (TPSA) is 112 Å². The Kier molecular flexibility index (Phi) is 8.97. The summed E-state index contributed by atoms with van der Waals surface area (Å²) < 4.78 is 0. The molecule has 130 valence electrons. The van der Waals surface area contributed by atoms with E-state index < -0.39 is 17.4 Å². The number of aromatic nitrogens is 2. The first-order valence-electron chi connectivity index (χ1n) is 8.41. The standard InChI is InChI=1S/C16H28N4O3/c1-2-3-4-5-6-7-8-9-10-13(17)20(12-21)14-11-15(22)19-16(23)18-14/h11-13H,2-10,17H2,1H3,(H2,18,19,22,23). The van der Waals surface area contributed by atoms with Gasteiger partial charge in [-0.15, -0.1) is 0 Å². The first kappa shape index (κ1) is 19.2. The molecule has 1 heterocycles. The van der Waals surface area contributed by atoms with Gasteiger partial charge in [-0.1, -0.05) is 58.3 Å². The van der Waals surface area contributed by atoms with Crippen molar-refractivity contribution >= 4 is 12.2 Å². The van der Waals surface area contributed by atoms with Crippen LogP contribution in [0.25, 0.3) is 0 Å². The summed E-state index contributed by atoms with van der Waals surface area (Å²) in [6, 6.07) is 1.16. The van der Waals surface area contributed by atoms with Gasteiger partial charge in [-0.05, 0) is 6.42 Å². The summed E-state index contributed by atoms with van der Waals surface area (Å²) in [7, 11) is 0. The maximum Gasteiger partial charge on any atom is 0.327 e. The Morgan fingerprint density at radius 1 is 1.09 bits per heavy atom. The summed E-state index contributed by atoms with van der Waals surface area (Å²) in [5.74, 6) is 0.126. The number of nitrogens with one attached hydrogen (secondary N) is 2. The van der Waals surface area contributed by atoms with Gasteiger partial charge in [0.1, 0.15) is 5.82 Å². The number of nitrogens with zero attached hydrogens (tertiary/aromatic N) is 1. The third-order valence-electron chi connectivity index (χ3n) is 3.85. The zero-order valence-electron chi connectivity index (χ0n) is 13.8. The molecule has 0 saturated heterocycles. The fraction of sp³-hybridized carbons (Fsp3) is 0.688. The number of amides is 1. The second-order valence-corrected chi connectivity index (χ2v) is 5.82. The summed E-state index contributed by atoms with van der Waals surface area (Å²) in [5.41, 5.74) is 4.79. The smallest absolute Gasteiger partial charge is 0.311 e. The van der Waals surface area contributed by atoms with Gasteiger partial charge >= 0.3 is 5.69 Å². The third-order valence-corrected chi connectivity index (χ3v) is 3.85. The van der Waals surface area contributed by atoms with Gasteiger partial charge in [0.25, 0.3) is 5.56 Å². The van der Waals surface area contributed by atoms with E-state index in [-0.39, 0.29) is 5.82 Å². The molecule has 1 aromatic heterocycles. The van der Waals surface area contributed by atoms with Crippen molar-refractivity contribution in [2.45, 2.75) is 70.9 Å². The normalized spacial score (nSPS) is 12.1. The largest absolute Gasteiger partial charge is 0.327 e. The molecule has 0 radical (unpaired) electrons. The number of anilines is 1. The molecule has 1 unspecified atom stereocenters. The van der Waals surface area contributed by atoms with Crippen molar-refractivity contribution in [3.8, 4) is 0 Å². The van der Waals surface area contributed by atoms with Crippen LogP contribution in [0.1, 0.15) is 64.7 Å². The van der Waals surface area contributed by atoms with E-state index in [1.807, 2.05) is 0 Å². The molecule has 23 heavy (non-hydrogen) atoms. The quantitative estimate of drug-likeness (QED) is 0.309. The summed E-state index contributed by atoms with van der Waals surface area (Å²) in [6.45, 7) is 2.20. The minimum atomic E-state index is -0.654. The lowest BCUT2D eigenvalue weighted by Gasteiger charge is -2.24. The van der Waals surface area contributed by atoms with E-state index in [9.17, 15) is 14.4 Å². The summed E-state index contributed by atoms with van der Waals surface area (Å²) in [4.78, 5) is 39.5. The lowest BCUT2D eigenvalue weighted by molar-refractivity contribution is -0.107. The van der Waals surface area contributed by atoms with Crippen molar-refractivity contribution in [3.05, 3.63) is 26.9 Å². The highest BCUT2D eigenvalue weighted by molar-refractivity contribution is 5.73. The van der Waals surface area contributed by atoms with Gasteiger partial charge < -0.3 is 5.73 Å². The first-order chi connectivity index (χ1) is 11.1. The van der Waals surface area contributed by atoms with Crippen LogP contribution in [-0.4, -0.2) is 22.5 Å². The maximum absolute atomic E-state index is 11.3. The molecule has 0 aliphatic rings. The van der Waals surface area contributed by atoms with Gasteiger partial charge in [-0.3, -0.25) is 24.5 Å². The van der Waals surface area contributed by atoms with Crippen LogP contribution in [0.3, 0.4) is 0 Å². The van der Waals surface area contributed by atoms with E-state index in [1.54, 1.807) is 0 Å². The highest BCUT2D eigenvalue weighted by Gasteiger charge is 2.15. The molecule has 1 aromatic rings. The second kappa shape index (κ2) is 10.8. The van der Waals surface area contributed by atoms with E-state index in [0.717, 1.165) is 18.9 Å². The van der Waals surface area contributed by atoms with Gasteiger partial charge in [-0.2, -0.15) is 0 Å². The predicted molar refractivity (Wildman–Crippen MR) is 91.4 cm³/mol. The van der Waals surface area contributed by atoms with Crippen LogP contribution >= 0.6 is 0 Å². The van der Waals surface area contributed by atoms with Crippen LogP contribution in [0.5, 0.6) is 0 Å². The Hall–Kier alpha value is -1.89. The maximum atomic E-state index is 11.3. The van der Waals surface area contributed by atoms with Crippen LogP contribution in [0.4, 0.5) is 5.82 Å². The molecule has 0 aliphatic heterocycles. The third kappa shape index (κ3) is 7.27. The minimum Gasteiger partial charge on any atom is -0.311 e. The van der Waals surface area contributed by atoms with Gasteiger partial charge in [0.2, 0.25) is 6.41 Å². The van der Waals surface area contributed by atoms with Crippen molar-refractivity contribution in [2.24, 2.45) is 5.73 Å². The molecule has 0 spiro atoms. The molecule has 0 fully saturated rings. The van der Waals surface area contributed by atoms with Crippen LogP contribution < -0.4 is 21.9 Å². The van der Waals surface area contributed by atoms with Crippen molar-refractivity contribution in [1.29, 1.82) is 0 Å². The lowest BCUT2D eigenvalue weighted by atomic mass is 10.1. The van der Waals surface area contributed by atoms with Crippen molar-refractivity contribution in [3.63, 3.8) is 0 Å². The molecular formula is C16H28N4O3. The molecule has 4 N–H and O–H groups in total. The van der Waals surface area contributed by atoms with E-state index in [4.69, 9.17) is 5.73 Å². The molecule has 0 aromatic carbocycles. The number of rotatable bonds is 12. The fourth-order valence-corrected chi connectivity index (χ4v) is 2.53. The Labute approximate surface area is 136 Å². The molecule has 0 bridgehead atoms. The number of carbonyl (C=O) groups is 1. The van der Waals surface area contributed by atoms with Gasteiger partial charge in [0, 0.05) is 6.07 Å². The monoisotopic (exact) mass is 324 g/mol. The zero-order valence-corrected chi connectivity index (χ0v) is 13.8. The van der Waals surface area contributed by atoms with Gasteiger partial charge in [0.05, 0.1) is 6.17 Å². The number of hydrogen-bond donors (Lipinski definition) is 3. The molecule has 1 amide bonds. The average molecular weight is 324 g/mol. The number of hydrogen-bond acceptors (Lipinski definition) is 4. The molecule has 7 heteroatoms. The number of carbonyl (C=O) groups excluding carboxylic acids is 1. The summed E-state index contributed by atoms with van der Waals surface area (Å²) >= 11 is 0. The summed E-state index contributed by atoms with van der Waals surface area (Å²) in [6.07, 6.45) is 10.1. The van der Waals surface area contributed by atoms with E-state index in [0.29, 0.717) is 12.8 Å². The van der Waals surface area contributed by atoms with Gasteiger partial charge in [0.15, 0.2) is 0 Å². The number of H-pyrrole nitrogens is 2. The SMILES string of the molecule is CCCCCCCCCCC(N)N(C=O)c1cc(=O)[nH]c(=O)[nH]1. The Bertz CT molecular complexity index is 539. The molecule has 7 nitrogen and oxygen atoms in total. The molecule has 0 aliphatic carbocycles. The second-order valence-electron chi connectivity index (χ2n) is 5.82. The fourth-order valence-electron chi connectivity index (χ4n) is 2.53. The number of nitrogens with two attached hydrogens (primary N) is 1. The summed E-state index contributed by atoms with van der Waals surface area (Å²) in [5, 5.41) is 0. The van der Waals surface area contributed by atoms with Crippen molar-refractivity contribution < 1.29 is 4.79 Å². The highest BCUT2D eigenvalue weighted by atomic mass is 16.2. The Morgan fingerprint density at radius 3 is 2.26 bits per heavy atom.